The lowest BCUT2D eigenvalue weighted by Gasteiger charge is -2.54. The van der Waals surface area contributed by atoms with Crippen LogP contribution in [0.5, 0.6) is 0 Å². The van der Waals surface area contributed by atoms with Gasteiger partial charge >= 0.3 is 0 Å². The van der Waals surface area contributed by atoms with Crippen LogP contribution in [0.4, 0.5) is 0 Å². The minimum Gasteiger partial charge on any atom is -0.375 e. The van der Waals surface area contributed by atoms with Gasteiger partial charge < -0.3 is 36.2 Å². The Morgan fingerprint density at radius 1 is 1.27 bits per heavy atom. The number of hydrogen-bond acceptors (Lipinski definition) is 8. The van der Waals surface area contributed by atoms with E-state index in [1.54, 1.807) is 0 Å². The van der Waals surface area contributed by atoms with Gasteiger partial charge in [-0.2, -0.15) is 5.26 Å². The van der Waals surface area contributed by atoms with Crippen molar-refractivity contribution in [1.82, 2.24) is 20.9 Å². The topological polar surface area (TPSA) is 141 Å². The third-order valence-electron chi connectivity index (χ3n) is 7.59. The standard InChI is InChI=1S/C23H44N8O2/c1-30(2)10-13-33-19-7-9-27-15-18(19)29-23(32)20(21(25)26)22-28-14-17(6-8-24)16-31(22)11-4-3-5-12-31/h17-22,27-28H,3-7,9-16,25-26H2,1-2H3/p+1. The van der Waals surface area contributed by atoms with Gasteiger partial charge in [0.25, 0.3) is 0 Å². The van der Waals surface area contributed by atoms with Crippen molar-refractivity contribution in [2.24, 2.45) is 23.3 Å². The zero-order valence-electron chi connectivity index (χ0n) is 20.5. The summed E-state index contributed by atoms with van der Waals surface area (Å²) in [6.07, 6.45) is 3.92. The molecule has 0 aromatic heterocycles. The monoisotopic (exact) mass is 465 g/mol. The molecule has 1 spiro atoms. The lowest BCUT2D eigenvalue weighted by molar-refractivity contribution is -0.968. The molecule has 0 saturated carbocycles. The Morgan fingerprint density at radius 2 is 2.03 bits per heavy atom. The second-order valence-electron chi connectivity index (χ2n) is 10.4. The van der Waals surface area contributed by atoms with E-state index in [2.05, 4.69) is 26.9 Å². The molecule has 3 aliphatic heterocycles. The summed E-state index contributed by atoms with van der Waals surface area (Å²) in [4.78, 5) is 15.7. The van der Waals surface area contributed by atoms with Crippen LogP contribution >= 0.6 is 0 Å². The van der Waals surface area contributed by atoms with Crippen molar-refractivity contribution in [3.05, 3.63) is 0 Å². The molecule has 0 aromatic carbocycles. The van der Waals surface area contributed by atoms with Crippen molar-refractivity contribution >= 4 is 5.91 Å². The predicted molar refractivity (Wildman–Crippen MR) is 128 cm³/mol. The van der Waals surface area contributed by atoms with Gasteiger partial charge in [0.15, 0.2) is 6.17 Å². The second-order valence-corrected chi connectivity index (χ2v) is 10.4. The molecule has 0 aliphatic carbocycles. The molecule has 33 heavy (non-hydrogen) atoms. The molecule has 3 aliphatic rings. The maximum Gasteiger partial charge on any atom is 0.233 e. The smallest absolute Gasteiger partial charge is 0.233 e. The van der Waals surface area contributed by atoms with E-state index in [1.165, 1.54) is 6.42 Å². The van der Waals surface area contributed by atoms with Crippen molar-refractivity contribution < 1.29 is 14.0 Å². The quantitative estimate of drug-likeness (QED) is 0.210. The van der Waals surface area contributed by atoms with Crippen LogP contribution in [0.25, 0.3) is 0 Å². The van der Waals surface area contributed by atoms with E-state index < -0.39 is 12.1 Å². The van der Waals surface area contributed by atoms with E-state index in [9.17, 15) is 10.1 Å². The summed E-state index contributed by atoms with van der Waals surface area (Å²) in [6.45, 7) is 6.65. The Balaban J connectivity index is 1.72. The largest absolute Gasteiger partial charge is 0.375 e. The van der Waals surface area contributed by atoms with E-state index in [0.717, 1.165) is 63.0 Å². The number of nitrogens with two attached hydrogens (primary N) is 2. The van der Waals surface area contributed by atoms with E-state index in [-0.39, 0.29) is 24.2 Å². The van der Waals surface area contributed by atoms with Crippen LogP contribution in [-0.2, 0) is 9.53 Å². The first kappa shape index (κ1) is 26.3. The molecule has 10 heteroatoms. The summed E-state index contributed by atoms with van der Waals surface area (Å²) < 4.78 is 6.93. The average Bonchev–Trinajstić information content (AvgIpc) is 2.77. The molecule has 0 aromatic rings. The molecule has 0 bridgehead atoms. The molecular formula is C23H45N8O2+. The number of nitrogens with zero attached hydrogens (tertiary/aromatic N) is 3. The number of ether oxygens (including phenoxy) is 1. The molecule has 1 amide bonds. The number of amides is 1. The number of quaternary nitrogens is 1. The highest BCUT2D eigenvalue weighted by Gasteiger charge is 2.51. The van der Waals surface area contributed by atoms with E-state index in [1.807, 2.05) is 14.1 Å². The number of nitriles is 1. The Labute approximate surface area is 198 Å². The Morgan fingerprint density at radius 3 is 2.70 bits per heavy atom. The van der Waals surface area contributed by atoms with E-state index in [4.69, 9.17) is 16.2 Å². The fraction of sp³-hybridized carbons (Fsp3) is 0.913. The molecule has 3 heterocycles. The zero-order valence-corrected chi connectivity index (χ0v) is 20.5. The first-order valence-corrected chi connectivity index (χ1v) is 12.6. The van der Waals surface area contributed by atoms with Gasteiger partial charge in [0.2, 0.25) is 5.91 Å². The maximum absolute atomic E-state index is 13.6. The van der Waals surface area contributed by atoms with Gasteiger partial charge in [0, 0.05) is 32.0 Å². The van der Waals surface area contributed by atoms with Crippen LogP contribution in [0.2, 0.25) is 0 Å². The minimum absolute atomic E-state index is 0.0257. The van der Waals surface area contributed by atoms with Crippen LogP contribution in [0.15, 0.2) is 0 Å². The molecule has 5 unspecified atom stereocenters. The number of likely N-dealkylation sites (N-methyl/N-ethyl adjacent to an activating group) is 1. The fourth-order valence-corrected chi connectivity index (χ4v) is 5.88. The van der Waals surface area contributed by atoms with Crippen LogP contribution in [0.3, 0.4) is 0 Å². The van der Waals surface area contributed by atoms with Gasteiger partial charge in [-0.15, -0.1) is 0 Å². The van der Waals surface area contributed by atoms with Crippen molar-refractivity contribution in [3.63, 3.8) is 0 Å². The molecular weight excluding hydrogens is 420 g/mol. The highest BCUT2D eigenvalue weighted by Crippen LogP contribution is 2.32. The normalized spacial score (nSPS) is 30.8. The van der Waals surface area contributed by atoms with Crippen molar-refractivity contribution in [3.8, 4) is 6.07 Å². The first-order valence-electron chi connectivity index (χ1n) is 12.6. The number of hydrogen-bond donors (Lipinski definition) is 5. The molecule has 7 N–H and O–H groups in total. The van der Waals surface area contributed by atoms with Gasteiger partial charge in [0.05, 0.1) is 50.6 Å². The molecule has 3 rings (SSSR count). The summed E-state index contributed by atoms with van der Waals surface area (Å²) in [5, 5.41) is 19.5. The number of carbonyl (C=O) groups excluding carboxylic acids is 1. The number of carbonyl (C=O) groups is 1. The van der Waals surface area contributed by atoms with Crippen LogP contribution in [0.1, 0.15) is 32.1 Å². The first-order chi connectivity index (χ1) is 15.9. The Bertz CT molecular complexity index is 661. The fourth-order valence-electron chi connectivity index (χ4n) is 5.88. The third kappa shape index (κ3) is 6.85. The van der Waals surface area contributed by atoms with Gasteiger partial charge in [-0.05, 0) is 46.3 Å². The number of nitrogens with one attached hydrogen (secondary N) is 3. The highest BCUT2D eigenvalue weighted by atomic mass is 16.5. The minimum atomic E-state index is -0.767. The lowest BCUT2D eigenvalue weighted by Crippen LogP contribution is -2.75. The number of piperidine rings is 2. The van der Waals surface area contributed by atoms with Gasteiger partial charge in [-0.3, -0.25) is 10.1 Å². The third-order valence-corrected chi connectivity index (χ3v) is 7.59. The molecule has 0 radical (unpaired) electrons. The summed E-state index contributed by atoms with van der Waals surface area (Å²) in [5.41, 5.74) is 12.5. The van der Waals surface area contributed by atoms with Crippen molar-refractivity contribution in [1.29, 1.82) is 5.26 Å². The lowest BCUT2D eigenvalue weighted by atomic mass is 9.88. The summed E-state index contributed by atoms with van der Waals surface area (Å²) >= 11 is 0. The highest BCUT2D eigenvalue weighted by molar-refractivity contribution is 5.80. The molecule has 5 atom stereocenters. The SMILES string of the molecule is CN(C)CCOC1CCNCC1NC(=O)C(C(N)N)C1NCC(CC#N)C[N+]12CCCCC2. The summed E-state index contributed by atoms with van der Waals surface area (Å²) in [5.74, 6) is -0.353. The number of rotatable bonds is 9. The molecule has 3 fully saturated rings. The summed E-state index contributed by atoms with van der Waals surface area (Å²) in [6, 6.07) is 2.22. The van der Waals surface area contributed by atoms with Gasteiger partial charge in [-0.1, -0.05) is 0 Å². The van der Waals surface area contributed by atoms with Crippen LogP contribution in [0, 0.1) is 23.2 Å². The van der Waals surface area contributed by atoms with E-state index >= 15 is 0 Å². The Hall–Kier alpha value is -1.32. The molecule has 3 saturated heterocycles. The zero-order chi connectivity index (χ0) is 23.8. The van der Waals surface area contributed by atoms with Gasteiger partial charge in [-0.25, -0.2) is 0 Å². The second kappa shape index (κ2) is 12.4. The van der Waals surface area contributed by atoms with Crippen LogP contribution in [-0.4, -0.2) is 106 Å². The predicted octanol–water partition coefficient (Wildman–Crippen LogP) is -1.27. The molecule has 10 nitrogen and oxygen atoms in total. The van der Waals surface area contributed by atoms with Crippen LogP contribution < -0.4 is 27.4 Å². The van der Waals surface area contributed by atoms with E-state index in [0.29, 0.717) is 25.5 Å². The van der Waals surface area contributed by atoms with Gasteiger partial charge in [0.1, 0.15) is 5.92 Å². The summed E-state index contributed by atoms with van der Waals surface area (Å²) in [7, 11) is 4.05. The maximum atomic E-state index is 13.6. The molecule has 188 valence electrons. The van der Waals surface area contributed by atoms with Crippen molar-refractivity contribution in [2.75, 3.05) is 66.5 Å². The van der Waals surface area contributed by atoms with Crippen molar-refractivity contribution in [2.45, 2.75) is 56.6 Å². The Kier molecular flexibility index (Phi) is 9.88. The average molecular weight is 466 g/mol.